The highest BCUT2D eigenvalue weighted by molar-refractivity contribution is 5.95. The number of phenolic OH excluding ortho intramolecular Hbond substituents is 18. The first kappa shape index (κ1) is 47.5. The van der Waals surface area contributed by atoms with Crippen molar-refractivity contribution < 1.29 is 157 Å². The first-order chi connectivity index (χ1) is 39.1. The van der Waals surface area contributed by atoms with E-state index in [9.17, 15) is 121 Å². The Morgan fingerprint density at radius 1 is 0.295 bits per heavy atom. The lowest BCUT2D eigenvalue weighted by atomic mass is 10.0. The lowest BCUT2D eigenvalue weighted by Crippen LogP contribution is -2.54. The molecule has 6 aromatic rings. The highest BCUT2D eigenvalue weighted by Crippen LogP contribution is 2.41. The van der Waals surface area contributed by atoms with Crippen molar-refractivity contribution in [3.8, 4) is 103 Å². The molecule has 18 N–H and O–H groups in total. The topological polar surface area (TPSA) is 522 Å². The van der Waals surface area contributed by atoms with Crippen molar-refractivity contribution >= 4 is 35.8 Å². The van der Waals surface area contributed by atoms with Crippen molar-refractivity contribution in [2.45, 2.75) is 24.4 Å². The smallest absolute Gasteiger partial charge is 0.338 e. The summed E-state index contributed by atoms with van der Waals surface area (Å²) in [6.07, 6.45) is -12.7. The third-order valence-electron chi connectivity index (χ3n) is 10.1. The molecule has 78 heavy (non-hydrogen) atoms. The zero-order chi connectivity index (χ0) is 63.0. The molecular weight excluding hydrogens is 1060 g/mol. The number of phenols is 18. The van der Waals surface area contributed by atoms with Crippen LogP contribution in [0.2, 0.25) is 0 Å². The van der Waals surface area contributed by atoms with Crippen LogP contribution in [0.1, 0.15) is 70.4 Å². The van der Waals surface area contributed by atoms with Gasteiger partial charge in [-0.05, 0) is 72.7 Å². The van der Waals surface area contributed by atoms with Crippen molar-refractivity contribution in [1.82, 2.24) is 0 Å². The summed E-state index contributed by atoms with van der Waals surface area (Å²) in [4.78, 5) is 85.2. The predicted octanol–water partition coefficient (Wildman–Crippen LogP) is 2.30. The van der Waals surface area contributed by atoms with Gasteiger partial charge in [0.2, 0.25) is 0 Å². The Morgan fingerprint density at radius 3 is 0.679 bits per heavy atom. The quantitative estimate of drug-likeness (QED) is 0.0354. The Hall–Kier alpha value is -11.5. The van der Waals surface area contributed by atoms with Crippen LogP contribution < -0.4 is 0 Å². The average Bonchev–Trinajstić information content (AvgIpc) is 3.43. The zero-order valence-electron chi connectivity index (χ0n) is 44.1. The van der Waals surface area contributed by atoms with Gasteiger partial charge in [0.05, 0.1) is 41.6 Å². The van der Waals surface area contributed by atoms with E-state index >= 15 is 0 Å². The summed E-state index contributed by atoms with van der Waals surface area (Å²) >= 11 is 0. The molecule has 0 saturated carbocycles. The van der Waals surface area contributed by atoms with Crippen LogP contribution in [-0.4, -0.2) is 165 Å². The van der Waals surface area contributed by atoms with Crippen LogP contribution in [-0.2, 0) is 28.4 Å². The molecule has 0 aromatic heterocycles. The Balaban J connectivity index is 1.71. The van der Waals surface area contributed by atoms with Crippen molar-refractivity contribution in [2.24, 2.45) is 0 Å². The fourth-order valence-electron chi connectivity index (χ4n) is 6.30. The van der Waals surface area contributed by atoms with Gasteiger partial charge in [-0.15, -0.1) is 0 Å². The Morgan fingerprint density at radius 2 is 0.474 bits per heavy atom. The number of carbonyl (C=O) groups excluding carboxylic acids is 6. The summed E-state index contributed by atoms with van der Waals surface area (Å²) in [5.41, 5.74) is -7.90. The maximum absolute atomic E-state index is 14.5. The molecule has 30 nitrogen and oxygen atoms in total. The molecule has 0 heterocycles. The van der Waals surface area contributed by atoms with Crippen LogP contribution in [0.5, 0.6) is 103 Å². The van der Waals surface area contributed by atoms with E-state index in [1.54, 1.807) is 0 Å². The molecule has 0 spiro atoms. The van der Waals surface area contributed by atoms with E-state index < -0.39 is 247 Å². The van der Waals surface area contributed by atoms with Gasteiger partial charge in [-0.2, -0.15) is 0 Å². The standard InChI is InChI=1S/C48H38O30/c49-21-1-15(2-22(50)35(21)61)43(67)73-13-33(75-45(69)17-5-25(53)37(63)26(54)6-17)41(77-47(71)19-9-29(57)39(65)30(58)10-19)42(78-48(72)20-11-31(59)40(66)32(60)12-20)34(76-46(70)18-7-27(55)38(64)28(56)8-18)14-74-44(68)16-3-23(51)36(62)24(52)4-16/h1-12,33-34,41-42,49-66H,13-14H2/t33-,34-,41-,42-/m1/s1/i1D,3D,5D,7D,9D,11D. The zero-order valence-corrected chi connectivity index (χ0v) is 38.1. The molecule has 0 aliphatic carbocycles. The van der Waals surface area contributed by atoms with Gasteiger partial charge in [0.15, 0.2) is 128 Å². The Kier molecular flexibility index (Phi) is 13.6. The van der Waals surface area contributed by atoms with E-state index in [1.807, 2.05) is 0 Å². The normalized spacial score (nSPS) is 13.5. The molecule has 0 amide bonds. The van der Waals surface area contributed by atoms with Crippen LogP contribution in [0.4, 0.5) is 0 Å². The Bertz CT molecular complexity index is 3520. The van der Waals surface area contributed by atoms with Crippen molar-refractivity contribution in [2.75, 3.05) is 13.2 Å². The number of ether oxygens (including phenoxy) is 6. The number of rotatable bonds is 17. The van der Waals surface area contributed by atoms with Gasteiger partial charge in [0.25, 0.3) is 0 Å². The molecule has 0 aliphatic heterocycles. The van der Waals surface area contributed by atoms with E-state index in [4.69, 9.17) is 36.6 Å². The molecular formula is C48H38O30. The maximum atomic E-state index is 14.5. The van der Waals surface area contributed by atoms with Crippen molar-refractivity contribution in [1.29, 1.82) is 0 Å². The summed E-state index contributed by atoms with van der Waals surface area (Å²) in [7, 11) is 0. The molecule has 4 atom stereocenters. The number of aromatic hydroxyl groups is 18. The summed E-state index contributed by atoms with van der Waals surface area (Å²) in [6.45, 7) is -3.78. The lowest BCUT2D eigenvalue weighted by Gasteiger charge is -2.36. The molecule has 0 unspecified atom stereocenters. The van der Waals surface area contributed by atoms with Crippen LogP contribution in [0, 0.1) is 0 Å². The van der Waals surface area contributed by atoms with Gasteiger partial charge < -0.3 is 120 Å². The maximum Gasteiger partial charge on any atom is 0.338 e. The lowest BCUT2D eigenvalue weighted by molar-refractivity contribution is -0.138. The fraction of sp³-hybridized carbons (Fsp3) is 0.125. The van der Waals surface area contributed by atoms with Gasteiger partial charge in [-0.25, -0.2) is 28.8 Å². The minimum absolute atomic E-state index is 0.181. The van der Waals surface area contributed by atoms with E-state index in [0.29, 0.717) is 0 Å². The number of hydrogen-bond acceptors (Lipinski definition) is 30. The second-order valence-corrected chi connectivity index (χ2v) is 15.4. The van der Waals surface area contributed by atoms with E-state index in [2.05, 4.69) is 0 Å². The molecule has 6 rings (SSSR count). The first-order valence-corrected chi connectivity index (χ1v) is 20.8. The predicted molar refractivity (Wildman–Crippen MR) is 246 cm³/mol. The molecule has 6 aromatic carbocycles. The molecule has 410 valence electrons. The number of carbonyl (C=O) groups is 6. The van der Waals surface area contributed by atoms with E-state index in [1.165, 1.54) is 0 Å². The SMILES string of the molecule is [2H]c1c(C(=O)OC[C@@H](OC(=O)c2cc(O)c(O)c(O)c2[2H])[C@@H](OC(=O)c2cc(O)c(O)c(O)c2[2H])[C@H](OC(=O)c2cc(O)c(O)c(O)c2[2H])[C@@H](COC(=O)c2cc(O)c(O)c(O)c2[2H])OC(=O)c2cc(O)c(O)c(O)c2[2H])cc(O)c(O)c1O. The average molecular weight is 1100 g/mol. The van der Waals surface area contributed by atoms with Crippen LogP contribution >= 0.6 is 0 Å². The molecule has 0 radical (unpaired) electrons. The monoisotopic (exact) mass is 1100 g/mol. The number of hydrogen-bond donors (Lipinski definition) is 18. The van der Waals surface area contributed by atoms with Crippen molar-refractivity contribution in [3.05, 3.63) is 106 Å². The van der Waals surface area contributed by atoms with Crippen molar-refractivity contribution in [3.63, 3.8) is 0 Å². The van der Waals surface area contributed by atoms with Crippen LogP contribution in [0.3, 0.4) is 0 Å². The minimum Gasteiger partial charge on any atom is -0.504 e. The highest BCUT2D eigenvalue weighted by Gasteiger charge is 2.47. The summed E-state index contributed by atoms with van der Waals surface area (Å²) in [5, 5.41) is 185. The fourth-order valence-corrected chi connectivity index (χ4v) is 6.30. The molecule has 0 fully saturated rings. The van der Waals surface area contributed by atoms with Gasteiger partial charge in [0, 0.05) is 0 Å². The summed E-state index contributed by atoms with van der Waals surface area (Å²) in [6, 6.07) is -7.16. The number of esters is 6. The van der Waals surface area contributed by atoms with Gasteiger partial charge in [-0.1, -0.05) is 0 Å². The van der Waals surface area contributed by atoms with Crippen LogP contribution in [0.15, 0.2) is 72.7 Å². The first-order valence-electron chi connectivity index (χ1n) is 23.8. The van der Waals surface area contributed by atoms with Gasteiger partial charge >= 0.3 is 35.8 Å². The van der Waals surface area contributed by atoms with Crippen LogP contribution in [0.25, 0.3) is 0 Å². The third-order valence-corrected chi connectivity index (χ3v) is 10.1. The highest BCUT2D eigenvalue weighted by atomic mass is 16.6. The largest absolute Gasteiger partial charge is 0.504 e. The molecule has 30 heteroatoms. The summed E-state index contributed by atoms with van der Waals surface area (Å²) in [5.74, 6) is -38.8. The van der Waals surface area contributed by atoms with Gasteiger partial charge in [-0.3, -0.25) is 0 Å². The second-order valence-electron chi connectivity index (χ2n) is 15.4. The molecule has 0 saturated heterocycles. The Labute approximate surface area is 439 Å². The number of benzene rings is 6. The molecule has 0 bridgehead atoms. The summed E-state index contributed by atoms with van der Waals surface area (Å²) < 4.78 is 81.9. The second kappa shape index (κ2) is 22.3. The minimum atomic E-state index is -3.29. The van der Waals surface area contributed by atoms with E-state index in [0.717, 1.165) is 0 Å². The molecule has 0 aliphatic rings. The van der Waals surface area contributed by atoms with E-state index in [-0.39, 0.29) is 36.4 Å². The third kappa shape index (κ3) is 12.1. The van der Waals surface area contributed by atoms with Gasteiger partial charge in [0.1, 0.15) is 13.2 Å².